The normalized spacial score (nSPS) is 10.9. The molecule has 3 aromatic rings. The van der Waals surface area contributed by atoms with Crippen LogP contribution in [0.3, 0.4) is 0 Å². The van der Waals surface area contributed by atoms with Gasteiger partial charge in [0.25, 0.3) is 0 Å². The minimum atomic E-state index is -1.00. The van der Waals surface area contributed by atoms with Crippen molar-refractivity contribution in [3.63, 3.8) is 0 Å². The van der Waals surface area contributed by atoms with Crippen molar-refractivity contribution in [3.8, 4) is 17.2 Å². The van der Waals surface area contributed by atoms with Crippen molar-refractivity contribution in [2.24, 2.45) is 0 Å². The van der Waals surface area contributed by atoms with E-state index in [1.807, 2.05) is 67.6 Å². The van der Waals surface area contributed by atoms with Gasteiger partial charge in [-0.15, -0.1) is 0 Å². The van der Waals surface area contributed by atoms with Crippen molar-refractivity contribution in [1.29, 1.82) is 0 Å². The SMILES string of the molecule is CCOc1ccccc1OCCOc1ccc2ccccc2c1C=CC(=O)O. The number of para-hydroxylation sites is 2. The van der Waals surface area contributed by atoms with Gasteiger partial charge in [0, 0.05) is 11.6 Å². The Kier molecular flexibility index (Phi) is 6.52. The molecule has 0 radical (unpaired) electrons. The predicted molar refractivity (Wildman–Crippen MR) is 109 cm³/mol. The molecule has 0 saturated carbocycles. The van der Waals surface area contributed by atoms with Crippen LogP contribution in [0.2, 0.25) is 0 Å². The van der Waals surface area contributed by atoms with E-state index in [-0.39, 0.29) is 0 Å². The Labute approximate surface area is 163 Å². The summed E-state index contributed by atoms with van der Waals surface area (Å²) in [5, 5.41) is 10.9. The monoisotopic (exact) mass is 378 g/mol. The van der Waals surface area contributed by atoms with Gasteiger partial charge in [0.15, 0.2) is 11.5 Å². The van der Waals surface area contributed by atoms with Crippen LogP contribution in [0.5, 0.6) is 17.2 Å². The Bertz CT molecular complexity index is 978. The van der Waals surface area contributed by atoms with E-state index < -0.39 is 5.97 Å². The molecular formula is C23H22O5. The van der Waals surface area contributed by atoms with E-state index in [9.17, 15) is 4.79 Å². The average Bonchev–Trinajstić information content (AvgIpc) is 2.71. The smallest absolute Gasteiger partial charge is 0.328 e. The first-order chi connectivity index (χ1) is 13.7. The lowest BCUT2D eigenvalue weighted by molar-refractivity contribution is -0.131. The molecule has 5 nitrogen and oxygen atoms in total. The molecule has 0 saturated heterocycles. The molecule has 0 heterocycles. The highest BCUT2D eigenvalue weighted by atomic mass is 16.5. The van der Waals surface area contributed by atoms with Crippen molar-refractivity contribution in [1.82, 2.24) is 0 Å². The molecule has 1 N–H and O–H groups in total. The highest BCUT2D eigenvalue weighted by molar-refractivity contribution is 5.96. The van der Waals surface area contributed by atoms with Crippen molar-refractivity contribution >= 4 is 22.8 Å². The second-order valence-electron chi connectivity index (χ2n) is 5.95. The number of benzene rings is 3. The molecule has 3 rings (SSSR count). The number of rotatable bonds is 9. The zero-order chi connectivity index (χ0) is 19.8. The Balaban J connectivity index is 1.72. The van der Waals surface area contributed by atoms with Crippen molar-refractivity contribution in [3.05, 3.63) is 72.3 Å². The second-order valence-corrected chi connectivity index (χ2v) is 5.95. The summed E-state index contributed by atoms with van der Waals surface area (Å²) in [7, 11) is 0. The number of aliphatic carboxylic acids is 1. The molecule has 0 fully saturated rings. The summed E-state index contributed by atoms with van der Waals surface area (Å²) >= 11 is 0. The zero-order valence-electron chi connectivity index (χ0n) is 15.6. The summed E-state index contributed by atoms with van der Waals surface area (Å²) in [6.07, 6.45) is 2.68. The van der Waals surface area contributed by atoms with E-state index in [1.54, 1.807) is 6.08 Å². The first kappa shape index (κ1) is 19.3. The van der Waals surface area contributed by atoms with Gasteiger partial charge >= 0.3 is 5.97 Å². The Morgan fingerprint density at radius 2 is 1.50 bits per heavy atom. The maximum Gasteiger partial charge on any atom is 0.328 e. The van der Waals surface area contributed by atoms with E-state index in [0.717, 1.165) is 22.4 Å². The molecule has 0 atom stereocenters. The highest BCUT2D eigenvalue weighted by Gasteiger charge is 2.08. The van der Waals surface area contributed by atoms with E-state index in [2.05, 4.69) is 0 Å². The minimum absolute atomic E-state index is 0.312. The second kappa shape index (κ2) is 9.46. The van der Waals surface area contributed by atoms with Gasteiger partial charge in [0.1, 0.15) is 19.0 Å². The number of ether oxygens (including phenoxy) is 3. The van der Waals surface area contributed by atoms with E-state index in [0.29, 0.717) is 37.1 Å². The van der Waals surface area contributed by atoms with Crippen LogP contribution in [0, 0.1) is 0 Å². The first-order valence-electron chi connectivity index (χ1n) is 9.09. The third kappa shape index (κ3) is 4.82. The van der Waals surface area contributed by atoms with Crippen molar-refractivity contribution in [2.45, 2.75) is 6.92 Å². The molecule has 3 aromatic carbocycles. The van der Waals surface area contributed by atoms with Gasteiger partial charge in [0.05, 0.1) is 6.61 Å². The van der Waals surface area contributed by atoms with Crippen LogP contribution in [0.4, 0.5) is 0 Å². The van der Waals surface area contributed by atoms with Gasteiger partial charge in [-0.2, -0.15) is 0 Å². The maximum atomic E-state index is 11.0. The third-order valence-electron chi connectivity index (χ3n) is 4.07. The summed E-state index contributed by atoms with van der Waals surface area (Å²) < 4.78 is 17.2. The van der Waals surface area contributed by atoms with Crippen LogP contribution in [0.1, 0.15) is 12.5 Å². The highest BCUT2D eigenvalue weighted by Crippen LogP contribution is 2.30. The molecule has 0 aliphatic heterocycles. The third-order valence-corrected chi connectivity index (χ3v) is 4.07. The van der Waals surface area contributed by atoms with Crippen LogP contribution in [0.15, 0.2) is 66.7 Å². The number of carbonyl (C=O) groups is 1. The molecule has 5 heteroatoms. The number of fused-ring (bicyclic) bond motifs is 1. The summed E-state index contributed by atoms with van der Waals surface area (Å²) in [6, 6.07) is 19.1. The molecular weight excluding hydrogens is 356 g/mol. The predicted octanol–water partition coefficient (Wildman–Crippen LogP) is 4.79. The lowest BCUT2D eigenvalue weighted by Crippen LogP contribution is -2.10. The van der Waals surface area contributed by atoms with Gasteiger partial charge in [0.2, 0.25) is 0 Å². The van der Waals surface area contributed by atoms with Crippen molar-refractivity contribution < 1.29 is 24.1 Å². The molecule has 0 unspecified atom stereocenters. The van der Waals surface area contributed by atoms with Crippen LogP contribution in [-0.2, 0) is 4.79 Å². The number of hydrogen-bond acceptors (Lipinski definition) is 4. The molecule has 0 amide bonds. The van der Waals surface area contributed by atoms with Gasteiger partial charge in [-0.05, 0) is 42.0 Å². The average molecular weight is 378 g/mol. The van der Waals surface area contributed by atoms with Crippen molar-refractivity contribution in [2.75, 3.05) is 19.8 Å². The topological polar surface area (TPSA) is 65.0 Å². The fourth-order valence-electron chi connectivity index (χ4n) is 2.88. The fraction of sp³-hybridized carbons (Fsp3) is 0.174. The van der Waals surface area contributed by atoms with Crippen LogP contribution < -0.4 is 14.2 Å². The molecule has 0 spiro atoms. The largest absolute Gasteiger partial charge is 0.490 e. The van der Waals surface area contributed by atoms with Gasteiger partial charge in [-0.3, -0.25) is 0 Å². The Hall–Kier alpha value is -3.47. The van der Waals surface area contributed by atoms with Gasteiger partial charge < -0.3 is 19.3 Å². The standard InChI is InChI=1S/C23H22O5/c1-2-26-21-9-5-6-10-22(21)28-16-15-27-20-13-11-17-7-3-4-8-18(17)19(20)12-14-23(24)25/h3-14H,2,15-16H2,1H3,(H,24,25). The minimum Gasteiger partial charge on any atom is -0.490 e. The summed E-state index contributed by atoms with van der Waals surface area (Å²) in [6.45, 7) is 3.13. The number of hydrogen-bond donors (Lipinski definition) is 1. The maximum absolute atomic E-state index is 11.0. The van der Waals surface area contributed by atoms with Crippen LogP contribution >= 0.6 is 0 Å². The fourth-order valence-corrected chi connectivity index (χ4v) is 2.88. The molecule has 0 aliphatic carbocycles. The molecule has 0 aliphatic rings. The number of carboxylic acid groups (broad SMARTS) is 1. The summed E-state index contributed by atoms with van der Waals surface area (Å²) in [5.74, 6) is 0.964. The van der Waals surface area contributed by atoms with Crippen LogP contribution in [-0.4, -0.2) is 30.9 Å². The molecule has 28 heavy (non-hydrogen) atoms. The van der Waals surface area contributed by atoms with Gasteiger partial charge in [-0.25, -0.2) is 4.79 Å². The van der Waals surface area contributed by atoms with E-state index >= 15 is 0 Å². The Morgan fingerprint density at radius 1 is 0.857 bits per heavy atom. The molecule has 0 aromatic heterocycles. The van der Waals surface area contributed by atoms with Gasteiger partial charge in [-0.1, -0.05) is 42.5 Å². The summed E-state index contributed by atoms with van der Waals surface area (Å²) in [5.41, 5.74) is 0.732. The Morgan fingerprint density at radius 3 is 2.21 bits per heavy atom. The molecule has 144 valence electrons. The lowest BCUT2D eigenvalue weighted by atomic mass is 10.0. The lowest BCUT2D eigenvalue weighted by Gasteiger charge is -2.14. The summed E-state index contributed by atoms with van der Waals surface area (Å²) in [4.78, 5) is 11.0. The van der Waals surface area contributed by atoms with E-state index in [1.165, 1.54) is 0 Å². The van der Waals surface area contributed by atoms with Crippen LogP contribution in [0.25, 0.3) is 16.8 Å². The first-order valence-corrected chi connectivity index (χ1v) is 9.09. The zero-order valence-corrected chi connectivity index (χ0v) is 15.6. The quantitative estimate of drug-likeness (QED) is 0.428. The van der Waals surface area contributed by atoms with E-state index in [4.69, 9.17) is 19.3 Å². The number of carboxylic acids is 1. The molecule has 0 bridgehead atoms.